The van der Waals surface area contributed by atoms with Crippen molar-refractivity contribution in [2.24, 2.45) is 0 Å². The molecular weight excluding hydrogens is 174 g/mol. The van der Waals surface area contributed by atoms with Gasteiger partial charge in [-0.25, -0.2) is 0 Å². The van der Waals surface area contributed by atoms with Crippen LogP contribution in [-0.4, -0.2) is 25.3 Å². The van der Waals surface area contributed by atoms with Crippen molar-refractivity contribution in [3.8, 4) is 0 Å². The summed E-state index contributed by atoms with van der Waals surface area (Å²) < 4.78 is 0. The molecule has 1 aromatic carbocycles. The van der Waals surface area contributed by atoms with E-state index in [0.717, 1.165) is 19.4 Å². The summed E-state index contributed by atoms with van der Waals surface area (Å²) in [5, 5.41) is 12.4. The minimum Gasteiger partial charge on any atom is -0.396 e. The fourth-order valence-electron chi connectivity index (χ4n) is 1.61. The van der Waals surface area contributed by atoms with Crippen LogP contribution < -0.4 is 5.32 Å². The second-order valence-corrected chi connectivity index (χ2v) is 3.54. The van der Waals surface area contributed by atoms with Crippen LogP contribution in [0.3, 0.4) is 0 Å². The SMILES string of the molecule is CNCCCC(CO)c1ccccc1. The van der Waals surface area contributed by atoms with Gasteiger partial charge in [-0.05, 0) is 32.0 Å². The lowest BCUT2D eigenvalue weighted by atomic mass is 9.95. The highest BCUT2D eigenvalue weighted by Crippen LogP contribution is 2.19. The molecule has 1 unspecified atom stereocenters. The van der Waals surface area contributed by atoms with Crippen LogP contribution in [-0.2, 0) is 0 Å². The van der Waals surface area contributed by atoms with Crippen molar-refractivity contribution in [1.82, 2.24) is 5.32 Å². The van der Waals surface area contributed by atoms with Crippen LogP contribution in [0, 0.1) is 0 Å². The van der Waals surface area contributed by atoms with E-state index in [1.807, 2.05) is 25.2 Å². The Morgan fingerprint density at radius 1 is 1.29 bits per heavy atom. The zero-order valence-corrected chi connectivity index (χ0v) is 8.74. The summed E-state index contributed by atoms with van der Waals surface area (Å²) in [6, 6.07) is 10.2. The molecule has 1 atom stereocenters. The largest absolute Gasteiger partial charge is 0.396 e. The molecule has 0 fully saturated rings. The monoisotopic (exact) mass is 193 g/mol. The van der Waals surface area contributed by atoms with E-state index in [1.54, 1.807) is 0 Å². The zero-order chi connectivity index (χ0) is 10.2. The van der Waals surface area contributed by atoms with E-state index in [4.69, 9.17) is 0 Å². The summed E-state index contributed by atoms with van der Waals surface area (Å²) in [4.78, 5) is 0. The Labute approximate surface area is 86.0 Å². The van der Waals surface area contributed by atoms with Gasteiger partial charge < -0.3 is 10.4 Å². The maximum atomic E-state index is 9.26. The first-order chi connectivity index (χ1) is 6.88. The summed E-state index contributed by atoms with van der Waals surface area (Å²) in [6.07, 6.45) is 2.15. The third-order valence-electron chi connectivity index (χ3n) is 2.47. The summed E-state index contributed by atoms with van der Waals surface area (Å²) in [6.45, 7) is 1.26. The first-order valence-corrected chi connectivity index (χ1v) is 5.19. The molecule has 2 nitrogen and oxygen atoms in total. The maximum Gasteiger partial charge on any atom is 0.0499 e. The predicted octanol–water partition coefficient (Wildman–Crippen LogP) is 1.76. The quantitative estimate of drug-likeness (QED) is 0.675. The van der Waals surface area contributed by atoms with Gasteiger partial charge in [0.1, 0.15) is 0 Å². The smallest absolute Gasteiger partial charge is 0.0499 e. The molecule has 0 heterocycles. The Morgan fingerprint density at radius 3 is 2.57 bits per heavy atom. The summed E-state index contributed by atoms with van der Waals surface area (Å²) in [5.74, 6) is 0.296. The van der Waals surface area contributed by atoms with Crippen LogP contribution >= 0.6 is 0 Å². The highest BCUT2D eigenvalue weighted by atomic mass is 16.3. The van der Waals surface area contributed by atoms with Gasteiger partial charge in [0, 0.05) is 12.5 Å². The van der Waals surface area contributed by atoms with E-state index >= 15 is 0 Å². The fraction of sp³-hybridized carbons (Fsp3) is 0.500. The molecule has 1 aromatic rings. The number of rotatable bonds is 6. The summed E-state index contributed by atoms with van der Waals surface area (Å²) in [5.41, 5.74) is 1.24. The van der Waals surface area contributed by atoms with Crippen molar-refractivity contribution in [2.45, 2.75) is 18.8 Å². The third-order valence-corrected chi connectivity index (χ3v) is 2.47. The Morgan fingerprint density at radius 2 is 2.00 bits per heavy atom. The average molecular weight is 193 g/mol. The lowest BCUT2D eigenvalue weighted by molar-refractivity contribution is 0.257. The molecule has 0 aliphatic carbocycles. The maximum absolute atomic E-state index is 9.26. The molecule has 0 aliphatic heterocycles. The molecule has 1 rings (SSSR count). The van der Waals surface area contributed by atoms with Gasteiger partial charge in [0.15, 0.2) is 0 Å². The van der Waals surface area contributed by atoms with E-state index in [0.29, 0.717) is 5.92 Å². The van der Waals surface area contributed by atoms with Crippen molar-refractivity contribution in [3.05, 3.63) is 35.9 Å². The fourth-order valence-corrected chi connectivity index (χ4v) is 1.61. The average Bonchev–Trinajstić information content (AvgIpc) is 2.26. The highest BCUT2D eigenvalue weighted by molar-refractivity contribution is 5.19. The molecule has 0 aromatic heterocycles. The lowest BCUT2D eigenvalue weighted by Gasteiger charge is -2.13. The molecule has 0 bridgehead atoms. The van der Waals surface area contributed by atoms with Crippen LogP contribution in [0.1, 0.15) is 24.3 Å². The number of benzene rings is 1. The van der Waals surface area contributed by atoms with Gasteiger partial charge in [-0.2, -0.15) is 0 Å². The zero-order valence-electron chi connectivity index (χ0n) is 8.74. The van der Waals surface area contributed by atoms with Gasteiger partial charge >= 0.3 is 0 Å². The standard InChI is InChI=1S/C12H19NO/c1-13-9-5-8-12(10-14)11-6-3-2-4-7-11/h2-4,6-7,12-14H,5,8-10H2,1H3. The molecule has 2 heteroatoms. The van der Waals surface area contributed by atoms with Crippen molar-refractivity contribution in [1.29, 1.82) is 0 Å². The molecule has 0 spiro atoms. The van der Waals surface area contributed by atoms with Gasteiger partial charge in [0.2, 0.25) is 0 Å². The third kappa shape index (κ3) is 3.48. The van der Waals surface area contributed by atoms with E-state index in [-0.39, 0.29) is 6.61 Å². The normalized spacial score (nSPS) is 12.7. The molecule has 0 amide bonds. The first kappa shape index (κ1) is 11.2. The lowest BCUT2D eigenvalue weighted by Crippen LogP contribution is -2.11. The summed E-state index contributed by atoms with van der Waals surface area (Å²) in [7, 11) is 1.95. The molecule has 2 N–H and O–H groups in total. The molecule has 14 heavy (non-hydrogen) atoms. The van der Waals surface area contributed by atoms with E-state index in [1.165, 1.54) is 5.56 Å². The van der Waals surface area contributed by atoms with Crippen molar-refractivity contribution in [3.63, 3.8) is 0 Å². The Kier molecular flexibility index (Phi) is 5.27. The highest BCUT2D eigenvalue weighted by Gasteiger charge is 2.08. The Bertz CT molecular complexity index is 235. The number of aliphatic hydroxyl groups is 1. The summed E-state index contributed by atoms with van der Waals surface area (Å²) >= 11 is 0. The number of hydrogen-bond acceptors (Lipinski definition) is 2. The van der Waals surface area contributed by atoms with Crippen LogP contribution in [0.15, 0.2) is 30.3 Å². The van der Waals surface area contributed by atoms with Crippen LogP contribution in [0.5, 0.6) is 0 Å². The minimum atomic E-state index is 0.244. The first-order valence-electron chi connectivity index (χ1n) is 5.19. The molecule has 78 valence electrons. The topological polar surface area (TPSA) is 32.3 Å². The molecule has 0 radical (unpaired) electrons. The van der Waals surface area contributed by atoms with E-state index in [2.05, 4.69) is 17.4 Å². The number of aliphatic hydroxyl groups excluding tert-OH is 1. The molecular formula is C12H19NO. The van der Waals surface area contributed by atoms with Crippen molar-refractivity contribution < 1.29 is 5.11 Å². The minimum absolute atomic E-state index is 0.244. The molecule has 0 saturated carbocycles. The number of hydrogen-bond donors (Lipinski definition) is 2. The van der Waals surface area contributed by atoms with Gasteiger partial charge in [-0.3, -0.25) is 0 Å². The molecule has 0 aliphatic rings. The van der Waals surface area contributed by atoms with E-state index in [9.17, 15) is 5.11 Å². The Hall–Kier alpha value is -0.860. The van der Waals surface area contributed by atoms with Gasteiger partial charge in [-0.15, -0.1) is 0 Å². The van der Waals surface area contributed by atoms with Gasteiger partial charge in [0.25, 0.3) is 0 Å². The Balaban J connectivity index is 2.46. The van der Waals surface area contributed by atoms with Crippen LogP contribution in [0.25, 0.3) is 0 Å². The molecule has 0 saturated heterocycles. The van der Waals surface area contributed by atoms with E-state index < -0.39 is 0 Å². The van der Waals surface area contributed by atoms with Crippen molar-refractivity contribution in [2.75, 3.05) is 20.2 Å². The second-order valence-electron chi connectivity index (χ2n) is 3.54. The van der Waals surface area contributed by atoms with Crippen LogP contribution in [0.4, 0.5) is 0 Å². The number of nitrogens with one attached hydrogen (secondary N) is 1. The van der Waals surface area contributed by atoms with Gasteiger partial charge in [0.05, 0.1) is 0 Å². The van der Waals surface area contributed by atoms with Crippen molar-refractivity contribution >= 4 is 0 Å². The predicted molar refractivity (Wildman–Crippen MR) is 59.4 cm³/mol. The second kappa shape index (κ2) is 6.57. The van der Waals surface area contributed by atoms with Gasteiger partial charge in [-0.1, -0.05) is 30.3 Å². The van der Waals surface area contributed by atoms with Crippen LogP contribution in [0.2, 0.25) is 0 Å².